The molecule has 1 aromatic rings. The van der Waals surface area contributed by atoms with Crippen LogP contribution < -0.4 is 20.5 Å². The van der Waals surface area contributed by atoms with Gasteiger partial charge in [-0.25, -0.2) is 0 Å². The van der Waals surface area contributed by atoms with Crippen LogP contribution >= 0.6 is 11.6 Å². The van der Waals surface area contributed by atoms with Crippen LogP contribution in [-0.2, 0) is 11.3 Å². The van der Waals surface area contributed by atoms with Crippen LogP contribution in [0.5, 0.6) is 11.5 Å². The van der Waals surface area contributed by atoms with Crippen molar-refractivity contribution in [3.63, 3.8) is 0 Å². The zero-order valence-electron chi connectivity index (χ0n) is 15.8. The van der Waals surface area contributed by atoms with E-state index in [-0.39, 0.29) is 6.61 Å². The van der Waals surface area contributed by atoms with Gasteiger partial charge in [0.05, 0.1) is 12.1 Å². The van der Waals surface area contributed by atoms with Gasteiger partial charge in [-0.2, -0.15) is 0 Å². The number of likely N-dealkylation sites (N-methyl/N-ethyl adjacent to an activating group) is 1. The summed E-state index contributed by atoms with van der Waals surface area (Å²) in [6.07, 6.45) is 0. The van der Waals surface area contributed by atoms with Gasteiger partial charge in [-0.3, -0.25) is 9.69 Å². The van der Waals surface area contributed by atoms with E-state index in [2.05, 4.69) is 29.1 Å². The molecule has 146 valence electrons. The molecule has 1 aromatic carbocycles. The van der Waals surface area contributed by atoms with E-state index in [0.29, 0.717) is 29.1 Å². The molecular weight excluding hydrogens is 356 g/mol. The molecule has 26 heavy (non-hydrogen) atoms. The highest BCUT2D eigenvalue weighted by Gasteiger charge is 2.17. The Labute approximate surface area is 160 Å². The first kappa shape index (κ1) is 20.8. The Morgan fingerprint density at radius 1 is 1.35 bits per heavy atom. The van der Waals surface area contributed by atoms with E-state index >= 15 is 0 Å². The third-order valence-electron chi connectivity index (χ3n) is 4.43. The SMILES string of the molecule is COc1cc(CNC(C)CN2CCN(C)CC2)cc(Cl)c1OCC(N)=O. The molecule has 0 bridgehead atoms. The third-order valence-corrected chi connectivity index (χ3v) is 4.71. The number of hydrogen-bond donors (Lipinski definition) is 2. The highest BCUT2D eigenvalue weighted by molar-refractivity contribution is 6.32. The van der Waals surface area contributed by atoms with Crippen molar-refractivity contribution in [2.24, 2.45) is 5.73 Å². The second kappa shape index (κ2) is 9.97. The average Bonchev–Trinajstić information content (AvgIpc) is 2.60. The van der Waals surface area contributed by atoms with Gasteiger partial charge in [0, 0.05) is 45.3 Å². The monoisotopic (exact) mass is 384 g/mol. The number of hydrogen-bond acceptors (Lipinski definition) is 6. The number of piperazine rings is 1. The molecular formula is C18H29ClN4O3. The molecule has 1 saturated heterocycles. The second-order valence-corrected chi connectivity index (χ2v) is 7.16. The van der Waals surface area contributed by atoms with Gasteiger partial charge >= 0.3 is 0 Å². The first-order chi connectivity index (χ1) is 12.4. The number of rotatable bonds is 9. The molecule has 0 saturated carbocycles. The van der Waals surface area contributed by atoms with Crippen LogP contribution in [0, 0.1) is 0 Å². The summed E-state index contributed by atoms with van der Waals surface area (Å²) >= 11 is 6.28. The van der Waals surface area contributed by atoms with Gasteiger partial charge in [0.25, 0.3) is 5.91 Å². The smallest absolute Gasteiger partial charge is 0.255 e. The molecule has 1 aliphatic heterocycles. The Kier molecular flexibility index (Phi) is 7.96. The summed E-state index contributed by atoms with van der Waals surface area (Å²) in [5.74, 6) is 0.260. The summed E-state index contributed by atoms with van der Waals surface area (Å²) < 4.78 is 10.7. The van der Waals surface area contributed by atoms with Crippen molar-refractivity contribution in [3.05, 3.63) is 22.7 Å². The number of benzene rings is 1. The van der Waals surface area contributed by atoms with Crippen molar-refractivity contribution in [3.8, 4) is 11.5 Å². The molecule has 2 rings (SSSR count). The van der Waals surface area contributed by atoms with Crippen LogP contribution in [-0.4, -0.2) is 75.2 Å². The lowest BCUT2D eigenvalue weighted by atomic mass is 10.1. The standard InChI is InChI=1S/C18H29ClN4O3/c1-13(11-23-6-4-22(2)5-7-23)21-10-14-8-15(19)18(16(9-14)25-3)26-12-17(20)24/h8-9,13,21H,4-7,10-12H2,1-3H3,(H2,20,24). The second-order valence-electron chi connectivity index (χ2n) is 6.75. The maximum Gasteiger partial charge on any atom is 0.255 e. The summed E-state index contributed by atoms with van der Waals surface area (Å²) in [7, 11) is 3.70. The predicted molar refractivity (Wildman–Crippen MR) is 103 cm³/mol. The minimum absolute atomic E-state index is 0.240. The van der Waals surface area contributed by atoms with E-state index in [4.69, 9.17) is 26.8 Å². The zero-order valence-corrected chi connectivity index (χ0v) is 16.5. The molecule has 0 aliphatic carbocycles. The summed E-state index contributed by atoms with van der Waals surface area (Å²) in [6, 6.07) is 4.03. The van der Waals surface area contributed by atoms with E-state index in [1.807, 2.05) is 12.1 Å². The van der Waals surface area contributed by atoms with Crippen molar-refractivity contribution in [1.29, 1.82) is 0 Å². The lowest BCUT2D eigenvalue weighted by Gasteiger charge is -2.34. The fraction of sp³-hybridized carbons (Fsp3) is 0.611. The van der Waals surface area contributed by atoms with E-state index in [9.17, 15) is 4.79 Å². The molecule has 1 aliphatic rings. The van der Waals surface area contributed by atoms with Crippen molar-refractivity contribution in [2.75, 3.05) is 53.5 Å². The van der Waals surface area contributed by atoms with Gasteiger partial charge in [-0.1, -0.05) is 11.6 Å². The molecule has 0 spiro atoms. The summed E-state index contributed by atoms with van der Waals surface area (Å²) in [4.78, 5) is 15.7. The summed E-state index contributed by atoms with van der Waals surface area (Å²) in [6.45, 7) is 8.07. The Balaban J connectivity index is 1.90. The molecule has 8 heteroatoms. The van der Waals surface area contributed by atoms with Gasteiger partial charge in [-0.15, -0.1) is 0 Å². The number of methoxy groups -OCH3 is 1. The van der Waals surface area contributed by atoms with Crippen LogP contribution in [0.3, 0.4) is 0 Å². The lowest BCUT2D eigenvalue weighted by Crippen LogP contribution is -2.48. The Morgan fingerprint density at radius 3 is 2.65 bits per heavy atom. The highest BCUT2D eigenvalue weighted by atomic mass is 35.5. The number of carbonyl (C=O) groups excluding carboxylic acids is 1. The number of nitrogens with two attached hydrogens (primary N) is 1. The molecule has 3 N–H and O–H groups in total. The largest absolute Gasteiger partial charge is 0.493 e. The molecule has 1 atom stereocenters. The minimum atomic E-state index is -0.563. The zero-order chi connectivity index (χ0) is 19.1. The number of primary amides is 1. The first-order valence-electron chi connectivity index (χ1n) is 8.80. The minimum Gasteiger partial charge on any atom is -0.493 e. The topological polar surface area (TPSA) is 80.1 Å². The number of amides is 1. The summed E-state index contributed by atoms with van der Waals surface area (Å²) in [5, 5.41) is 3.92. The van der Waals surface area contributed by atoms with Gasteiger partial charge in [0.1, 0.15) is 0 Å². The number of halogens is 1. The van der Waals surface area contributed by atoms with Crippen molar-refractivity contribution in [1.82, 2.24) is 15.1 Å². The quantitative estimate of drug-likeness (QED) is 0.659. The molecule has 1 fully saturated rings. The van der Waals surface area contributed by atoms with Crippen molar-refractivity contribution in [2.45, 2.75) is 19.5 Å². The van der Waals surface area contributed by atoms with E-state index in [1.54, 1.807) is 0 Å². The fourth-order valence-corrected chi connectivity index (χ4v) is 3.22. The highest BCUT2D eigenvalue weighted by Crippen LogP contribution is 2.36. The maximum atomic E-state index is 10.9. The van der Waals surface area contributed by atoms with Crippen molar-refractivity contribution < 1.29 is 14.3 Å². The summed E-state index contributed by atoms with van der Waals surface area (Å²) in [5.41, 5.74) is 6.10. The molecule has 1 amide bonds. The first-order valence-corrected chi connectivity index (χ1v) is 9.18. The molecule has 1 unspecified atom stereocenters. The van der Waals surface area contributed by atoms with Crippen LogP contribution in [0.2, 0.25) is 5.02 Å². The van der Waals surface area contributed by atoms with E-state index in [0.717, 1.165) is 38.3 Å². The van der Waals surface area contributed by atoms with Crippen LogP contribution in [0.25, 0.3) is 0 Å². The lowest BCUT2D eigenvalue weighted by molar-refractivity contribution is -0.119. The molecule has 7 nitrogen and oxygen atoms in total. The van der Waals surface area contributed by atoms with E-state index in [1.165, 1.54) is 7.11 Å². The van der Waals surface area contributed by atoms with E-state index < -0.39 is 5.91 Å². The molecule has 0 radical (unpaired) electrons. The normalized spacial score (nSPS) is 17.1. The van der Waals surface area contributed by atoms with Crippen LogP contribution in [0.4, 0.5) is 0 Å². The van der Waals surface area contributed by atoms with Crippen LogP contribution in [0.15, 0.2) is 12.1 Å². The molecule has 0 aromatic heterocycles. The van der Waals surface area contributed by atoms with Gasteiger partial charge in [0.2, 0.25) is 0 Å². The number of nitrogens with zero attached hydrogens (tertiary/aromatic N) is 2. The van der Waals surface area contributed by atoms with Gasteiger partial charge in [0.15, 0.2) is 18.1 Å². The number of ether oxygens (including phenoxy) is 2. The fourth-order valence-electron chi connectivity index (χ4n) is 2.93. The van der Waals surface area contributed by atoms with Crippen LogP contribution in [0.1, 0.15) is 12.5 Å². The average molecular weight is 385 g/mol. The maximum absolute atomic E-state index is 10.9. The van der Waals surface area contributed by atoms with Gasteiger partial charge in [-0.05, 0) is 31.7 Å². The Morgan fingerprint density at radius 2 is 2.04 bits per heavy atom. The Bertz CT molecular complexity index is 606. The predicted octanol–water partition coefficient (Wildman–Crippen LogP) is 0.938. The third kappa shape index (κ3) is 6.32. The Hall–Kier alpha value is -1.54. The molecule has 1 heterocycles. The van der Waals surface area contributed by atoms with Crippen molar-refractivity contribution >= 4 is 17.5 Å². The number of nitrogens with one attached hydrogen (secondary N) is 1. The van der Waals surface area contributed by atoms with Gasteiger partial charge < -0.3 is 25.4 Å². The number of carbonyl (C=O) groups is 1.